The molecule has 0 fully saturated rings. The number of hydrogen-bond donors (Lipinski definition) is 2. The summed E-state index contributed by atoms with van der Waals surface area (Å²) in [6.45, 7) is 0. The Morgan fingerprint density at radius 1 is 0.944 bits per heavy atom. The van der Waals surface area contributed by atoms with Gasteiger partial charge in [0.15, 0.2) is 0 Å². The van der Waals surface area contributed by atoms with Crippen molar-refractivity contribution in [2.75, 3.05) is 11.1 Å². The van der Waals surface area contributed by atoms with Crippen molar-refractivity contribution in [1.29, 1.82) is 0 Å². The van der Waals surface area contributed by atoms with Crippen molar-refractivity contribution >= 4 is 67.8 Å². The van der Waals surface area contributed by atoms with Crippen LogP contribution in [0.25, 0.3) is 0 Å². The van der Waals surface area contributed by atoms with Gasteiger partial charge in [0.25, 0.3) is 0 Å². The normalized spacial score (nSPS) is 10.4. The fraction of sp³-hybridized carbons (Fsp3) is 0. The first kappa shape index (κ1) is 13.8. The average Bonchev–Trinajstić information content (AvgIpc) is 2.35. The molecule has 0 amide bonds. The average molecular weight is 366 g/mol. The second-order valence-corrected chi connectivity index (χ2v) is 5.57. The van der Waals surface area contributed by atoms with Gasteiger partial charge >= 0.3 is 0 Å². The first-order valence-electron chi connectivity index (χ1n) is 4.95. The minimum atomic E-state index is 0.422. The molecule has 0 spiro atoms. The van der Waals surface area contributed by atoms with Crippen LogP contribution >= 0.6 is 50.7 Å². The zero-order chi connectivity index (χ0) is 13.3. The third kappa shape index (κ3) is 2.69. The number of hydrogen-bond acceptors (Lipinski definition) is 2. The molecular formula is C12H8BrCl3N2. The Morgan fingerprint density at radius 3 is 2.39 bits per heavy atom. The van der Waals surface area contributed by atoms with E-state index in [-0.39, 0.29) is 0 Å². The molecule has 2 nitrogen and oxygen atoms in total. The van der Waals surface area contributed by atoms with Gasteiger partial charge in [-0.3, -0.25) is 0 Å². The van der Waals surface area contributed by atoms with Crippen LogP contribution in [0.5, 0.6) is 0 Å². The summed E-state index contributed by atoms with van der Waals surface area (Å²) in [4.78, 5) is 0. The lowest BCUT2D eigenvalue weighted by Gasteiger charge is -2.13. The number of rotatable bonds is 2. The van der Waals surface area contributed by atoms with E-state index in [1.165, 1.54) is 0 Å². The molecule has 0 saturated heterocycles. The molecule has 2 aromatic carbocycles. The van der Waals surface area contributed by atoms with E-state index in [9.17, 15) is 0 Å². The molecule has 0 aliphatic heterocycles. The van der Waals surface area contributed by atoms with E-state index < -0.39 is 0 Å². The van der Waals surface area contributed by atoms with Crippen molar-refractivity contribution < 1.29 is 0 Å². The summed E-state index contributed by atoms with van der Waals surface area (Å²) >= 11 is 21.4. The van der Waals surface area contributed by atoms with E-state index in [0.717, 1.165) is 4.47 Å². The maximum atomic E-state index is 6.14. The number of nitrogens with two attached hydrogens (primary N) is 1. The molecule has 0 aromatic heterocycles. The van der Waals surface area contributed by atoms with Gasteiger partial charge in [-0.25, -0.2) is 0 Å². The molecule has 2 aromatic rings. The van der Waals surface area contributed by atoms with Gasteiger partial charge in [0.05, 0.1) is 32.1 Å². The first-order chi connectivity index (χ1) is 8.50. The van der Waals surface area contributed by atoms with Crippen LogP contribution in [0, 0.1) is 0 Å². The maximum absolute atomic E-state index is 6.14. The quantitative estimate of drug-likeness (QED) is 0.526. The predicted molar refractivity (Wildman–Crippen MR) is 83.3 cm³/mol. The number of halogens is 4. The lowest BCUT2D eigenvalue weighted by molar-refractivity contribution is 1.53. The van der Waals surface area contributed by atoms with Gasteiger partial charge in [0.1, 0.15) is 0 Å². The number of benzene rings is 2. The second kappa shape index (κ2) is 5.57. The summed E-state index contributed by atoms with van der Waals surface area (Å²) in [7, 11) is 0. The van der Waals surface area contributed by atoms with Crippen molar-refractivity contribution in [3.05, 3.63) is 49.9 Å². The lowest BCUT2D eigenvalue weighted by atomic mass is 10.2. The van der Waals surface area contributed by atoms with Crippen molar-refractivity contribution in [1.82, 2.24) is 0 Å². The molecular weight excluding hydrogens is 358 g/mol. The first-order valence-corrected chi connectivity index (χ1v) is 6.88. The summed E-state index contributed by atoms with van der Waals surface area (Å²) in [6.07, 6.45) is 0. The van der Waals surface area contributed by atoms with E-state index >= 15 is 0 Å². The molecule has 94 valence electrons. The summed E-state index contributed by atoms with van der Waals surface area (Å²) in [6, 6.07) is 8.94. The highest BCUT2D eigenvalue weighted by Gasteiger charge is 2.10. The molecule has 6 heteroatoms. The molecule has 3 N–H and O–H groups in total. The molecule has 0 atom stereocenters. The minimum Gasteiger partial charge on any atom is -0.396 e. The van der Waals surface area contributed by atoms with Gasteiger partial charge in [-0.15, -0.1) is 0 Å². The van der Waals surface area contributed by atoms with E-state index in [1.54, 1.807) is 24.3 Å². The van der Waals surface area contributed by atoms with Crippen LogP contribution in [0.3, 0.4) is 0 Å². The third-order valence-electron chi connectivity index (χ3n) is 2.36. The van der Waals surface area contributed by atoms with Gasteiger partial charge in [-0.1, -0.05) is 40.9 Å². The fourth-order valence-electron chi connectivity index (χ4n) is 1.41. The topological polar surface area (TPSA) is 38.0 Å². The third-order valence-corrected chi connectivity index (χ3v) is 4.46. The van der Waals surface area contributed by atoms with Gasteiger partial charge in [-0.05, 0) is 40.2 Å². The van der Waals surface area contributed by atoms with Crippen LogP contribution in [0.4, 0.5) is 17.1 Å². The standard InChI is InChI=1S/C12H8BrCl3N2/c13-6-4-5-8(11(16)10(6)15)18-9-3-1-2-7(14)12(9)17/h1-5,18H,17H2. The summed E-state index contributed by atoms with van der Waals surface area (Å²) in [5.41, 5.74) is 7.68. The number of anilines is 3. The van der Waals surface area contributed by atoms with E-state index in [1.807, 2.05) is 6.07 Å². The minimum absolute atomic E-state index is 0.422. The summed E-state index contributed by atoms with van der Waals surface area (Å²) in [5, 5.41) is 4.46. The molecule has 0 aliphatic rings. The highest BCUT2D eigenvalue weighted by molar-refractivity contribution is 9.10. The predicted octanol–water partition coefficient (Wildman–Crippen LogP) is 5.74. The van der Waals surface area contributed by atoms with Crippen LogP contribution in [0.2, 0.25) is 15.1 Å². The van der Waals surface area contributed by atoms with Crippen LogP contribution < -0.4 is 11.1 Å². The van der Waals surface area contributed by atoms with Gasteiger partial charge in [0, 0.05) is 4.47 Å². The Morgan fingerprint density at radius 2 is 1.67 bits per heavy atom. The van der Waals surface area contributed by atoms with Gasteiger partial charge in [0.2, 0.25) is 0 Å². The number of nitrogens with one attached hydrogen (secondary N) is 1. The number of nitrogen functional groups attached to an aromatic ring is 1. The largest absolute Gasteiger partial charge is 0.396 e. The molecule has 0 heterocycles. The zero-order valence-electron chi connectivity index (χ0n) is 8.98. The van der Waals surface area contributed by atoms with Crippen LogP contribution in [-0.2, 0) is 0 Å². The SMILES string of the molecule is Nc1c(Cl)cccc1Nc1ccc(Br)c(Cl)c1Cl. The Labute approximate surface area is 128 Å². The van der Waals surface area contributed by atoms with Crippen molar-refractivity contribution in [2.45, 2.75) is 0 Å². The molecule has 0 unspecified atom stereocenters. The number of para-hydroxylation sites is 1. The molecule has 0 aliphatic carbocycles. The van der Waals surface area contributed by atoms with Crippen LogP contribution in [-0.4, -0.2) is 0 Å². The molecule has 2 rings (SSSR count). The lowest BCUT2D eigenvalue weighted by Crippen LogP contribution is -1.97. The Bertz CT molecular complexity index is 602. The van der Waals surface area contributed by atoms with Gasteiger partial charge < -0.3 is 11.1 Å². The van der Waals surface area contributed by atoms with Crippen LogP contribution in [0.15, 0.2) is 34.8 Å². The molecule has 0 bridgehead atoms. The smallest absolute Gasteiger partial charge is 0.0838 e. The highest BCUT2D eigenvalue weighted by Crippen LogP contribution is 2.38. The Hall–Kier alpha value is -0.610. The highest BCUT2D eigenvalue weighted by atomic mass is 79.9. The van der Waals surface area contributed by atoms with Gasteiger partial charge in [-0.2, -0.15) is 0 Å². The fourth-order valence-corrected chi connectivity index (χ4v) is 2.41. The monoisotopic (exact) mass is 364 g/mol. The van der Waals surface area contributed by atoms with E-state index in [2.05, 4.69) is 21.2 Å². The van der Waals surface area contributed by atoms with Crippen molar-refractivity contribution in [3.63, 3.8) is 0 Å². The second-order valence-electron chi connectivity index (χ2n) is 3.55. The Balaban J connectivity index is 2.41. The van der Waals surface area contributed by atoms with Crippen molar-refractivity contribution in [3.8, 4) is 0 Å². The maximum Gasteiger partial charge on any atom is 0.0838 e. The van der Waals surface area contributed by atoms with E-state index in [4.69, 9.17) is 40.5 Å². The van der Waals surface area contributed by atoms with Crippen LogP contribution in [0.1, 0.15) is 0 Å². The van der Waals surface area contributed by atoms with Crippen molar-refractivity contribution in [2.24, 2.45) is 0 Å². The summed E-state index contributed by atoms with van der Waals surface area (Å²) in [5.74, 6) is 0. The van der Waals surface area contributed by atoms with E-state index in [0.29, 0.717) is 32.1 Å². The molecule has 0 saturated carbocycles. The molecule has 0 radical (unpaired) electrons. The Kier molecular flexibility index (Phi) is 4.28. The summed E-state index contributed by atoms with van der Waals surface area (Å²) < 4.78 is 0.735. The molecule has 18 heavy (non-hydrogen) atoms. The zero-order valence-corrected chi connectivity index (χ0v) is 12.8.